The van der Waals surface area contributed by atoms with Crippen LogP contribution < -0.4 is 14.8 Å². The molecule has 2 aliphatic heterocycles. The van der Waals surface area contributed by atoms with Crippen molar-refractivity contribution in [3.8, 4) is 11.5 Å². The van der Waals surface area contributed by atoms with Crippen molar-refractivity contribution in [2.24, 2.45) is 0 Å². The summed E-state index contributed by atoms with van der Waals surface area (Å²) in [6.45, 7) is 1.53. The maximum absolute atomic E-state index is 5.99. The van der Waals surface area contributed by atoms with Crippen molar-refractivity contribution < 1.29 is 9.47 Å². The molecule has 2 aromatic rings. The molecule has 2 unspecified atom stereocenters. The lowest BCUT2D eigenvalue weighted by atomic mass is 10.1. The molecule has 108 valence electrons. The molecule has 0 saturated carbocycles. The molecule has 0 spiro atoms. The first-order valence-corrected chi connectivity index (χ1v) is 7.99. The van der Waals surface area contributed by atoms with Crippen molar-refractivity contribution in [2.75, 3.05) is 13.2 Å². The molecule has 0 fully saturated rings. The fourth-order valence-corrected chi connectivity index (χ4v) is 3.42. The summed E-state index contributed by atoms with van der Waals surface area (Å²) in [5, 5.41) is 3.57. The van der Waals surface area contributed by atoms with Crippen molar-refractivity contribution in [1.82, 2.24) is 5.32 Å². The molecule has 0 aliphatic carbocycles. The van der Waals surface area contributed by atoms with Crippen LogP contribution in [0.4, 0.5) is 0 Å². The van der Waals surface area contributed by atoms with Gasteiger partial charge in [0, 0.05) is 23.0 Å². The fourth-order valence-electron chi connectivity index (χ4n) is 3.01. The molecule has 2 heterocycles. The smallest absolute Gasteiger partial charge is 0.124 e. The van der Waals surface area contributed by atoms with Crippen LogP contribution in [0.15, 0.2) is 46.9 Å². The van der Waals surface area contributed by atoms with E-state index >= 15 is 0 Å². The third kappa shape index (κ3) is 2.54. The Kier molecular flexibility index (Phi) is 3.36. The first kappa shape index (κ1) is 13.2. The van der Waals surface area contributed by atoms with Crippen LogP contribution in [-0.4, -0.2) is 19.3 Å². The summed E-state index contributed by atoms with van der Waals surface area (Å²) in [6, 6.07) is 14.7. The van der Waals surface area contributed by atoms with Gasteiger partial charge in [-0.05, 0) is 29.8 Å². The standard InChI is InChI=1S/C17H16BrNO2/c18-12-5-6-16-11(7-12)8-13(21-16)9-19-15-10-20-17-4-2-1-3-14(15)17/h1-7,13,15,19H,8-10H2. The molecular weight excluding hydrogens is 330 g/mol. The quantitative estimate of drug-likeness (QED) is 0.923. The number of ether oxygens (including phenoxy) is 2. The molecule has 0 saturated heterocycles. The van der Waals surface area contributed by atoms with Gasteiger partial charge in [0.1, 0.15) is 24.2 Å². The van der Waals surface area contributed by atoms with Crippen LogP contribution in [0.2, 0.25) is 0 Å². The van der Waals surface area contributed by atoms with Gasteiger partial charge >= 0.3 is 0 Å². The highest BCUT2D eigenvalue weighted by atomic mass is 79.9. The number of rotatable bonds is 3. The molecule has 3 nitrogen and oxygen atoms in total. The zero-order chi connectivity index (χ0) is 14.2. The molecule has 0 aromatic heterocycles. The van der Waals surface area contributed by atoms with Gasteiger partial charge in [-0.1, -0.05) is 34.1 Å². The molecule has 0 radical (unpaired) electrons. The van der Waals surface area contributed by atoms with Gasteiger partial charge in [-0.2, -0.15) is 0 Å². The highest BCUT2D eigenvalue weighted by Crippen LogP contribution is 2.33. The number of fused-ring (bicyclic) bond motifs is 2. The van der Waals surface area contributed by atoms with E-state index in [0.29, 0.717) is 6.61 Å². The lowest BCUT2D eigenvalue weighted by molar-refractivity contribution is 0.214. The number of halogens is 1. The van der Waals surface area contributed by atoms with Crippen LogP contribution in [0.1, 0.15) is 17.2 Å². The van der Waals surface area contributed by atoms with Gasteiger partial charge in [-0.25, -0.2) is 0 Å². The second-order valence-corrected chi connectivity index (χ2v) is 6.42. The molecule has 4 rings (SSSR count). The predicted molar refractivity (Wildman–Crippen MR) is 84.9 cm³/mol. The molecule has 0 bridgehead atoms. The minimum absolute atomic E-state index is 0.196. The van der Waals surface area contributed by atoms with E-state index in [-0.39, 0.29) is 12.1 Å². The Hall–Kier alpha value is -1.52. The Balaban J connectivity index is 1.39. The molecule has 2 aromatic carbocycles. The minimum atomic E-state index is 0.196. The van der Waals surface area contributed by atoms with Gasteiger partial charge in [0.25, 0.3) is 0 Å². The van der Waals surface area contributed by atoms with Gasteiger partial charge in [0.2, 0.25) is 0 Å². The van der Waals surface area contributed by atoms with E-state index in [0.717, 1.165) is 28.9 Å². The molecule has 1 N–H and O–H groups in total. The molecule has 4 heteroatoms. The second kappa shape index (κ2) is 5.35. The number of para-hydroxylation sites is 1. The predicted octanol–water partition coefficient (Wildman–Crippen LogP) is 3.48. The van der Waals surface area contributed by atoms with Crippen LogP contribution in [-0.2, 0) is 6.42 Å². The van der Waals surface area contributed by atoms with E-state index in [1.54, 1.807) is 0 Å². The highest BCUT2D eigenvalue weighted by molar-refractivity contribution is 9.10. The third-order valence-electron chi connectivity index (χ3n) is 4.06. The van der Waals surface area contributed by atoms with Crippen molar-refractivity contribution in [2.45, 2.75) is 18.6 Å². The summed E-state index contributed by atoms with van der Waals surface area (Å²) in [5.41, 5.74) is 2.52. The summed E-state index contributed by atoms with van der Waals surface area (Å²) in [5.74, 6) is 2.00. The average molecular weight is 346 g/mol. The van der Waals surface area contributed by atoms with Crippen LogP contribution >= 0.6 is 15.9 Å². The summed E-state index contributed by atoms with van der Waals surface area (Å²) in [6.07, 6.45) is 1.15. The lowest BCUT2D eigenvalue weighted by Gasteiger charge is -2.16. The first-order chi connectivity index (χ1) is 10.3. The van der Waals surface area contributed by atoms with Gasteiger partial charge in [-0.3, -0.25) is 0 Å². The minimum Gasteiger partial charge on any atom is -0.491 e. The molecule has 2 atom stereocenters. The number of benzene rings is 2. The number of hydrogen-bond acceptors (Lipinski definition) is 3. The number of nitrogens with one attached hydrogen (secondary N) is 1. The van der Waals surface area contributed by atoms with Gasteiger partial charge in [0.05, 0.1) is 6.04 Å². The molecule has 0 amide bonds. The Morgan fingerprint density at radius 1 is 1.14 bits per heavy atom. The maximum atomic E-state index is 5.99. The van der Waals surface area contributed by atoms with Gasteiger partial charge < -0.3 is 14.8 Å². The maximum Gasteiger partial charge on any atom is 0.124 e. The van der Waals surface area contributed by atoms with E-state index in [9.17, 15) is 0 Å². The zero-order valence-corrected chi connectivity index (χ0v) is 13.1. The van der Waals surface area contributed by atoms with E-state index in [2.05, 4.69) is 39.4 Å². The summed E-state index contributed by atoms with van der Waals surface area (Å²) < 4.78 is 12.8. The second-order valence-electron chi connectivity index (χ2n) is 5.51. The summed E-state index contributed by atoms with van der Waals surface area (Å²) >= 11 is 3.51. The molecule has 21 heavy (non-hydrogen) atoms. The van der Waals surface area contributed by atoms with Crippen LogP contribution in [0.25, 0.3) is 0 Å². The van der Waals surface area contributed by atoms with Crippen LogP contribution in [0.5, 0.6) is 11.5 Å². The van der Waals surface area contributed by atoms with Crippen molar-refractivity contribution >= 4 is 15.9 Å². The Bertz CT molecular complexity index is 674. The fraction of sp³-hybridized carbons (Fsp3) is 0.294. The van der Waals surface area contributed by atoms with Crippen molar-refractivity contribution in [1.29, 1.82) is 0 Å². The van der Waals surface area contributed by atoms with Gasteiger partial charge in [-0.15, -0.1) is 0 Å². The Morgan fingerprint density at radius 3 is 3.00 bits per heavy atom. The highest BCUT2D eigenvalue weighted by Gasteiger charge is 2.27. The molecular formula is C17H16BrNO2. The van der Waals surface area contributed by atoms with E-state index in [1.165, 1.54) is 11.1 Å². The lowest BCUT2D eigenvalue weighted by Crippen LogP contribution is -2.33. The molecule has 2 aliphatic rings. The monoisotopic (exact) mass is 345 g/mol. The SMILES string of the molecule is Brc1ccc2c(c1)CC(CNC1COc3ccccc31)O2. The number of hydrogen-bond donors (Lipinski definition) is 1. The summed E-state index contributed by atoms with van der Waals surface area (Å²) in [7, 11) is 0. The van der Waals surface area contributed by atoms with Crippen molar-refractivity contribution in [3.63, 3.8) is 0 Å². The zero-order valence-electron chi connectivity index (χ0n) is 11.5. The third-order valence-corrected chi connectivity index (χ3v) is 4.55. The van der Waals surface area contributed by atoms with Crippen LogP contribution in [0, 0.1) is 0 Å². The van der Waals surface area contributed by atoms with Crippen molar-refractivity contribution in [3.05, 3.63) is 58.1 Å². The van der Waals surface area contributed by atoms with E-state index in [1.807, 2.05) is 24.3 Å². The Morgan fingerprint density at radius 2 is 2.05 bits per heavy atom. The van der Waals surface area contributed by atoms with Crippen LogP contribution in [0.3, 0.4) is 0 Å². The normalized spacial score (nSPS) is 22.3. The Labute approximate surface area is 132 Å². The van der Waals surface area contributed by atoms with E-state index in [4.69, 9.17) is 9.47 Å². The topological polar surface area (TPSA) is 30.5 Å². The van der Waals surface area contributed by atoms with Gasteiger partial charge in [0.15, 0.2) is 0 Å². The van der Waals surface area contributed by atoms with E-state index < -0.39 is 0 Å². The average Bonchev–Trinajstić information content (AvgIpc) is 3.08. The largest absolute Gasteiger partial charge is 0.491 e. The first-order valence-electron chi connectivity index (χ1n) is 7.20. The summed E-state index contributed by atoms with van der Waals surface area (Å²) in [4.78, 5) is 0.